The second-order valence-electron chi connectivity index (χ2n) is 4.26. The summed E-state index contributed by atoms with van der Waals surface area (Å²) in [6, 6.07) is 1.91. The van der Waals surface area contributed by atoms with Gasteiger partial charge in [0.2, 0.25) is 0 Å². The van der Waals surface area contributed by atoms with Crippen molar-refractivity contribution in [2.24, 2.45) is 0 Å². The van der Waals surface area contributed by atoms with Crippen LogP contribution in [0.5, 0.6) is 0 Å². The zero-order valence-corrected chi connectivity index (χ0v) is 10.1. The minimum absolute atomic E-state index is 0.302. The molecule has 2 aromatic heterocycles. The summed E-state index contributed by atoms with van der Waals surface area (Å²) in [6.45, 7) is 3.35. The van der Waals surface area contributed by atoms with E-state index >= 15 is 0 Å². The number of halogens is 1. The number of carbonyl (C=O) groups is 1. The Kier molecular flexibility index (Phi) is 2.42. The molecule has 17 heavy (non-hydrogen) atoms. The van der Waals surface area contributed by atoms with E-state index in [2.05, 4.69) is 4.98 Å². The first-order valence-electron chi connectivity index (χ1n) is 5.41. The van der Waals surface area contributed by atoms with Gasteiger partial charge in [0.25, 0.3) is 0 Å². The lowest BCUT2D eigenvalue weighted by Crippen LogP contribution is -2.30. The van der Waals surface area contributed by atoms with Gasteiger partial charge in [0.15, 0.2) is 6.29 Å². The molecule has 0 aromatic carbocycles. The Morgan fingerprint density at radius 3 is 2.94 bits per heavy atom. The zero-order valence-electron chi connectivity index (χ0n) is 9.31. The molecule has 1 saturated heterocycles. The third kappa shape index (κ3) is 1.56. The number of fused-ring (bicyclic) bond motifs is 1. The van der Waals surface area contributed by atoms with Crippen molar-refractivity contribution in [2.45, 2.75) is 13.0 Å². The van der Waals surface area contributed by atoms with E-state index < -0.39 is 0 Å². The fourth-order valence-electron chi connectivity index (χ4n) is 2.20. The number of rotatable bonds is 2. The van der Waals surface area contributed by atoms with Crippen molar-refractivity contribution in [1.82, 2.24) is 9.55 Å². The smallest absolute Gasteiger partial charge is 0.150 e. The van der Waals surface area contributed by atoms with E-state index in [0.717, 1.165) is 22.9 Å². The Morgan fingerprint density at radius 2 is 2.35 bits per heavy atom. The topological polar surface area (TPSA) is 44.1 Å². The molecule has 0 atom stereocenters. The maximum atomic E-state index is 11.1. The van der Waals surface area contributed by atoms with Gasteiger partial charge in [0.1, 0.15) is 10.8 Å². The van der Waals surface area contributed by atoms with Crippen molar-refractivity contribution in [3.63, 3.8) is 0 Å². The van der Waals surface area contributed by atoms with Crippen LogP contribution in [0.2, 0.25) is 5.15 Å². The van der Waals surface area contributed by atoms with Crippen molar-refractivity contribution in [3.05, 3.63) is 28.5 Å². The molecule has 88 valence electrons. The van der Waals surface area contributed by atoms with Crippen LogP contribution in [0.25, 0.3) is 11.0 Å². The fourth-order valence-corrected chi connectivity index (χ4v) is 2.40. The van der Waals surface area contributed by atoms with Gasteiger partial charge in [-0.2, -0.15) is 0 Å². The van der Waals surface area contributed by atoms with Gasteiger partial charge in [-0.25, -0.2) is 4.98 Å². The average molecular weight is 251 g/mol. The van der Waals surface area contributed by atoms with E-state index in [1.807, 2.05) is 17.7 Å². The largest absolute Gasteiger partial charge is 0.377 e. The molecule has 3 heterocycles. The molecule has 0 aliphatic carbocycles. The van der Waals surface area contributed by atoms with Crippen molar-refractivity contribution < 1.29 is 9.53 Å². The van der Waals surface area contributed by atoms with E-state index in [9.17, 15) is 4.79 Å². The molecule has 1 fully saturated rings. The van der Waals surface area contributed by atoms with Crippen LogP contribution in [0, 0.1) is 6.92 Å². The van der Waals surface area contributed by atoms with E-state index in [1.165, 1.54) is 0 Å². The SMILES string of the molecule is Cc1cn(C2COC2)c2nc(Cl)cc(C=O)c12. The predicted molar refractivity (Wildman–Crippen MR) is 64.7 cm³/mol. The average Bonchev–Trinajstić information content (AvgIpc) is 2.53. The van der Waals surface area contributed by atoms with E-state index in [-0.39, 0.29) is 0 Å². The van der Waals surface area contributed by atoms with Gasteiger partial charge in [-0.05, 0) is 18.6 Å². The van der Waals surface area contributed by atoms with Crippen molar-refractivity contribution in [2.75, 3.05) is 13.2 Å². The maximum Gasteiger partial charge on any atom is 0.150 e. The van der Waals surface area contributed by atoms with Crippen LogP contribution < -0.4 is 0 Å². The molecule has 0 unspecified atom stereocenters. The number of pyridine rings is 1. The molecular weight excluding hydrogens is 240 g/mol. The third-order valence-corrected chi connectivity index (χ3v) is 3.31. The van der Waals surface area contributed by atoms with Gasteiger partial charge < -0.3 is 9.30 Å². The van der Waals surface area contributed by atoms with Crippen LogP contribution in [-0.4, -0.2) is 29.1 Å². The van der Waals surface area contributed by atoms with Crippen LogP contribution in [0.4, 0.5) is 0 Å². The second kappa shape index (κ2) is 3.82. The van der Waals surface area contributed by atoms with Gasteiger partial charge in [-0.1, -0.05) is 11.6 Å². The highest BCUT2D eigenvalue weighted by Crippen LogP contribution is 2.29. The molecule has 2 aromatic rings. The summed E-state index contributed by atoms with van der Waals surface area (Å²) in [4.78, 5) is 15.4. The Hall–Kier alpha value is -1.39. The van der Waals surface area contributed by atoms with E-state index in [0.29, 0.717) is 30.0 Å². The molecule has 0 N–H and O–H groups in total. The number of nitrogens with zero attached hydrogens (tertiary/aromatic N) is 2. The minimum atomic E-state index is 0.302. The summed E-state index contributed by atoms with van der Waals surface area (Å²) in [7, 11) is 0. The first-order valence-corrected chi connectivity index (χ1v) is 5.79. The summed E-state index contributed by atoms with van der Waals surface area (Å²) < 4.78 is 7.23. The summed E-state index contributed by atoms with van der Waals surface area (Å²) in [6.07, 6.45) is 2.83. The van der Waals surface area contributed by atoms with Crippen LogP contribution in [0.15, 0.2) is 12.3 Å². The van der Waals surface area contributed by atoms with Crippen LogP contribution in [0.1, 0.15) is 22.0 Å². The van der Waals surface area contributed by atoms with Gasteiger partial charge in [-0.3, -0.25) is 4.79 Å². The molecule has 0 radical (unpaired) electrons. The second-order valence-corrected chi connectivity index (χ2v) is 4.65. The minimum Gasteiger partial charge on any atom is -0.377 e. The van der Waals surface area contributed by atoms with E-state index in [1.54, 1.807) is 6.07 Å². The van der Waals surface area contributed by atoms with Crippen molar-refractivity contribution >= 4 is 28.9 Å². The summed E-state index contributed by atoms with van der Waals surface area (Å²) in [5, 5.41) is 1.23. The molecule has 0 saturated carbocycles. The normalized spacial score (nSPS) is 16.1. The molecule has 3 rings (SSSR count). The number of aryl methyl sites for hydroxylation is 1. The van der Waals surface area contributed by atoms with Gasteiger partial charge in [0.05, 0.1) is 19.3 Å². The summed E-state index contributed by atoms with van der Waals surface area (Å²) in [5.41, 5.74) is 2.40. The molecular formula is C12H11ClN2O2. The number of aromatic nitrogens is 2. The molecule has 4 nitrogen and oxygen atoms in total. The Morgan fingerprint density at radius 1 is 1.59 bits per heavy atom. The number of hydrogen-bond acceptors (Lipinski definition) is 3. The van der Waals surface area contributed by atoms with Crippen molar-refractivity contribution in [3.8, 4) is 0 Å². The lowest BCUT2D eigenvalue weighted by atomic mass is 10.1. The Bertz CT molecular complexity index is 602. The molecule has 0 spiro atoms. The maximum absolute atomic E-state index is 11.1. The van der Waals surface area contributed by atoms with E-state index in [4.69, 9.17) is 16.3 Å². The summed E-state index contributed by atoms with van der Waals surface area (Å²) in [5.74, 6) is 0. The molecule has 1 aliphatic rings. The van der Waals surface area contributed by atoms with Crippen LogP contribution in [0.3, 0.4) is 0 Å². The van der Waals surface area contributed by atoms with Crippen molar-refractivity contribution in [1.29, 1.82) is 0 Å². The van der Waals surface area contributed by atoms with Crippen LogP contribution >= 0.6 is 11.6 Å². The Balaban J connectivity index is 2.31. The predicted octanol–water partition coefficient (Wildman–Crippen LogP) is 2.38. The quantitative estimate of drug-likeness (QED) is 0.607. The highest BCUT2D eigenvalue weighted by atomic mass is 35.5. The van der Waals surface area contributed by atoms with Gasteiger partial charge in [0, 0.05) is 17.1 Å². The van der Waals surface area contributed by atoms with Gasteiger partial charge >= 0.3 is 0 Å². The molecule has 5 heteroatoms. The number of ether oxygens (including phenoxy) is 1. The number of carbonyl (C=O) groups excluding carboxylic acids is 1. The first kappa shape index (κ1) is 10.7. The lowest BCUT2D eigenvalue weighted by molar-refractivity contribution is -0.0216. The Labute approximate surface area is 103 Å². The zero-order chi connectivity index (χ0) is 12.0. The third-order valence-electron chi connectivity index (χ3n) is 3.11. The number of hydrogen-bond donors (Lipinski definition) is 0. The first-order chi connectivity index (χ1) is 8.20. The molecule has 1 aliphatic heterocycles. The lowest BCUT2D eigenvalue weighted by Gasteiger charge is -2.27. The monoisotopic (exact) mass is 250 g/mol. The molecule has 0 amide bonds. The van der Waals surface area contributed by atoms with Gasteiger partial charge in [-0.15, -0.1) is 0 Å². The number of aldehydes is 1. The highest BCUT2D eigenvalue weighted by molar-refractivity contribution is 6.30. The highest BCUT2D eigenvalue weighted by Gasteiger charge is 2.24. The van der Waals surface area contributed by atoms with Crippen LogP contribution in [-0.2, 0) is 4.74 Å². The fraction of sp³-hybridized carbons (Fsp3) is 0.333. The molecule has 0 bridgehead atoms. The standard InChI is InChI=1S/C12H11ClN2O2/c1-7-3-15(9-5-17-6-9)12-11(7)8(4-16)2-10(13)14-12/h2-4,9H,5-6H2,1H3. The summed E-state index contributed by atoms with van der Waals surface area (Å²) >= 11 is 5.94.